The molecule has 1 aromatic carbocycles. The van der Waals surface area contributed by atoms with E-state index in [4.69, 9.17) is 5.73 Å². The van der Waals surface area contributed by atoms with Crippen molar-refractivity contribution < 1.29 is 4.39 Å². The Morgan fingerprint density at radius 2 is 1.74 bits per heavy atom. The molecule has 1 spiro atoms. The molecule has 0 aromatic heterocycles. The third-order valence-corrected chi connectivity index (χ3v) is 5.14. The van der Waals surface area contributed by atoms with Crippen molar-refractivity contribution in [2.24, 2.45) is 5.41 Å². The van der Waals surface area contributed by atoms with Crippen molar-refractivity contribution in [1.82, 2.24) is 0 Å². The van der Waals surface area contributed by atoms with Gasteiger partial charge in [-0.3, -0.25) is 0 Å². The lowest BCUT2D eigenvalue weighted by atomic mass is 9.77. The highest BCUT2D eigenvalue weighted by molar-refractivity contribution is 5.69. The Balaban J connectivity index is 1.76. The average Bonchev–Trinajstić information content (AvgIpc) is 2.84. The first-order chi connectivity index (χ1) is 9.10. The fraction of sp³-hybridized carbons (Fsp3) is 0.625. The number of nitrogens with two attached hydrogens (primary N) is 1. The standard InChI is InChI=1S/C16H23FN2/c1-12-10-15(14(18)11-13(12)17)19-8-6-16(7-9-19)4-2-3-5-16/h10-11H,2-9,18H2,1H3. The predicted molar refractivity (Wildman–Crippen MR) is 77.9 cm³/mol. The Morgan fingerprint density at radius 1 is 1.11 bits per heavy atom. The van der Waals surface area contributed by atoms with Crippen LogP contribution in [0.15, 0.2) is 12.1 Å². The van der Waals surface area contributed by atoms with Gasteiger partial charge in [0.25, 0.3) is 0 Å². The number of nitrogens with zero attached hydrogens (tertiary/aromatic N) is 1. The van der Waals surface area contributed by atoms with E-state index < -0.39 is 0 Å². The first-order valence-electron chi connectivity index (χ1n) is 7.40. The van der Waals surface area contributed by atoms with Crippen molar-refractivity contribution in [2.75, 3.05) is 23.7 Å². The van der Waals surface area contributed by atoms with Crippen molar-refractivity contribution in [3.63, 3.8) is 0 Å². The van der Waals surface area contributed by atoms with Crippen LogP contribution in [-0.4, -0.2) is 13.1 Å². The summed E-state index contributed by atoms with van der Waals surface area (Å²) in [6.07, 6.45) is 8.14. The maximum absolute atomic E-state index is 13.5. The van der Waals surface area contributed by atoms with Gasteiger partial charge in [-0.25, -0.2) is 4.39 Å². The van der Waals surface area contributed by atoms with Crippen molar-refractivity contribution >= 4 is 11.4 Å². The molecule has 2 nitrogen and oxygen atoms in total. The molecule has 1 saturated heterocycles. The van der Waals surface area contributed by atoms with Gasteiger partial charge in [-0.05, 0) is 55.7 Å². The summed E-state index contributed by atoms with van der Waals surface area (Å²) in [6, 6.07) is 3.36. The first kappa shape index (κ1) is 12.8. The van der Waals surface area contributed by atoms with Gasteiger partial charge < -0.3 is 10.6 Å². The van der Waals surface area contributed by atoms with Crippen LogP contribution >= 0.6 is 0 Å². The van der Waals surface area contributed by atoms with Crippen LogP contribution in [0.1, 0.15) is 44.1 Å². The zero-order valence-electron chi connectivity index (χ0n) is 11.7. The van der Waals surface area contributed by atoms with Crippen LogP contribution < -0.4 is 10.6 Å². The summed E-state index contributed by atoms with van der Waals surface area (Å²) < 4.78 is 13.5. The van der Waals surface area contributed by atoms with E-state index in [1.165, 1.54) is 44.6 Å². The van der Waals surface area contributed by atoms with Crippen LogP contribution in [0, 0.1) is 18.2 Å². The van der Waals surface area contributed by atoms with Gasteiger partial charge in [0.1, 0.15) is 5.82 Å². The highest BCUT2D eigenvalue weighted by atomic mass is 19.1. The Morgan fingerprint density at radius 3 is 2.37 bits per heavy atom. The number of anilines is 2. The third kappa shape index (κ3) is 2.31. The lowest BCUT2D eigenvalue weighted by Gasteiger charge is -2.41. The van der Waals surface area contributed by atoms with E-state index in [1.807, 2.05) is 6.07 Å². The van der Waals surface area contributed by atoms with Gasteiger partial charge in [0, 0.05) is 13.1 Å². The molecule has 0 amide bonds. The number of benzene rings is 1. The minimum Gasteiger partial charge on any atom is -0.397 e. The highest BCUT2D eigenvalue weighted by Crippen LogP contribution is 2.47. The van der Waals surface area contributed by atoms with Crippen molar-refractivity contribution in [3.05, 3.63) is 23.5 Å². The SMILES string of the molecule is Cc1cc(N2CCC3(CCCC3)CC2)c(N)cc1F. The molecule has 104 valence electrons. The molecule has 0 atom stereocenters. The van der Waals surface area contributed by atoms with Crippen molar-refractivity contribution in [3.8, 4) is 0 Å². The number of hydrogen-bond donors (Lipinski definition) is 1. The molecule has 2 N–H and O–H groups in total. The molecule has 1 aliphatic carbocycles. The van der Waals surface area contributed by atoms with Gasteiger partial charge >= 0.3 is 0 Å². The summed E-state index contributed by atoms with van der Waals surface area (Å²) in [6.45, 7) is 3.94. The molecule has 1 aliphatic heterocycles. The fourth-order valence-electron chi connectivity index (χ4n) is 3.80. The topological polar surface area (TPSA) is 29.3 Å². The van der Waals surface area contributed by atoms with E-state index in [1.54, 1.807) is 6.92 Å². The molecule has 0 radical (unpaired) electrons. The van der Waals surface area contributed by atoms with E-state index in [9.17, 15) is 4.39 Å². The maximum Gasteiger partial charge on any atom is 0.128 e. The van der Waals surface area contributed by atoms with E-state index in [0.29, 0.717) is 16.7 Å². The van der Waals surface area contributed by atoms with Gasteiger partial charge in [-0.2, -0.15) is 0 Å². The number of halogens is 1. The molecule has 1 aromatic rings. The molecule has 1 saturated carbocycles. The van der Waals surface area contributed by atoms with Gasteiger partial charge in [-0.1, -0.05) is 12.8 Å². The Hall–Kier alpha value is -1.25. The lowest BCUT2D eigenvalue weighted by Crippen LogP contribution is -2.39. The second kappa shape index (κ2) is 4.69. The van der Waals surface area contributed by atoms with Crippen LogP contribution in [0.2, 0.25) is 0 Å². The third-order valence-electron chi connectivity index (χ3n) is 5.14. The summed E-state index contributed by atoms with van der Waals surface area (Å²) in [5.74, 6) is -0.203. The molecule has 2 aliphatic rings. The Labute approximate surface area is 114 Å². The number of hydrogen-bond acceptors (Lipinski definition) is 2. The van der Waals surface area contributed by atoms with Crippen LogP contribution in [0.4, 0.5) is 15.8 Å². The van der Waals surface area contributed by atoms with Crippen LogP contribution in [-0.2, 0) is 0 Å². The van der Waals surface area contributed by atoms with Crippen molar-refractivity contribution in [1.29, 1.82) is 0 Å². The summed E-state index contributed by atoms with van der Waals surface area (Å²) in [5, 5.41) is 0. The summed E-state index contributed by atoms with van der Waals surface area (Å²) in [5.41, 5.74) is 8.88. The zero-order valence-corrected chi connectivity index (χ0v) is 11.7. The highest BCUT2D eigenvalue weighted by Gasteiger charge is 2.37. The molecule has 0 unspecified atom stereocenters. The molecular formula is C16H23FN2. The minimum atomic E-state index is -0.203. The quantitative estimate of drug-likeness (QED) is 0.778. The molecular weight excluding hydrogens is 239 g/mol. The van der Waals surface area contributed by atoms with Gasteiger partial charge in [0.15, 0.2) is 0 Å². The normalized spacial score (nSPS) is 22.1. The maximum atomic E-state index is 13.5. The Kier molecular flexibility index (Phi) is 3.15. The van der Waals surface area contributed by atoms with Gasteiger partial charge in [0.2, 0.25) is 0 Å². The number of nitrogen functional groups attached to an aromatic ring is 1. The predicted octanol–water partition coefficient (Wildman–Crippen LogP) is 3.88. The molecule has 19 heavy (non-hydrogen) atoms. The number of piperidine rings is 1. The largest absolute Gasteiger partial charge is 0.397 e. The van der Waals surface area contributed by atoms with E-state index >= 15 is 0 Å². The summed E-state index contributed by atoms with van der Waals surface area (Å²) in [4.78, 5) is 2.34. The average molecular weight is 262 g/mol. The molecule has 1 heterocycles. The summed E-state index contributed by atoms with van der Waals surface area (Å²) in [7, 11) is 0. The molecule has 0 bridgehead atoms. The Bertz CT molecular complexity index is 468. The number of rotatable bonds is 1. The molecule has 2 fully saturated rings. The van der Waals surface area contributed by atoms with Gasteiger partial charge in [-0.15, -0.1) is 0 Å². The minimum absolute atomic E-state index is 0.203. The van der Waals surface area contributed by atoms with Crippen molar-refractivity contribution in [2.45, 2.75) is 45.4 Å². The molecule has 3 rings (SSSR count). The number of aryl methyl sites for hydroxylation is 1. The van der Waals surface area contributed by atoms with Crippen LogP contribution in [0.3, 0.4) is 0 Å². The second-order valence-electron chi connectivity index (χ2n) is 6.35. The summed E-state index contributed by atoms with van der Waals surface area (Å²) >= 11 is 0. The van der Waals surface area contributed by atoms with E-state index in [0.717, 1.165) is 18.8 Å². The van der Waals surface area contributed by atoms with E-state index in [-0.39, 0.29) is 5.82 Å². The van der Waals surface area contributed by atoms with Crippen LogP contribution in [0.5, 0.6) is 0 Å². The van der Waals surface area contributed by atoms with Gasteiger partial charge in [0.05, 0.1) is 11.4 Å². The first-order valence-corrected chi connectivity index (χ1v) is 7.40. The lowest BCUT2D eigenvalue weighted by molar-refractivity contribution is 0.226. The van der Waals surface area contributed by atoms with Crippen LogP contribution in [0.25, 0.3) is 0 Å². The van der Waals surface area contributed by atoms with E-state index in [2.05, 4.69) is 4.90 Å². The monoisotopic (exact) mass is 262 g/mol. The smallest absolute Gasteiger partial charge is 0.128 e. The second-order valence-corrected chi connectivity index (χ2v) is 6.35. The molecule has 3 heteroatoms. The zero-order chi connectivity index (χ0) is 13.5. The fourth-order valence-corrected chi connectivity index (χ4v) is 3.80.